The molecule has 1 unspecified atom stereocenters. The quantitative estimate of drug-likeness (QED) is 0.875. The second-order valence-electron chi connectivity index (χ2n) is 6.49. The van der Waals surface area contributed by atoms with Crippen molar-refractivity contribution >= 4 is 22.6 Å². The average molecular weight is 371 g/mol. The van der Waals surface area contributed by atoms with Crippen LogP contribution in [0, 0.1) is 5.92 Å². The number of nitrogens with zero attached hydrogens (tertiary/aromatic N) is 2. The first-order valence-corrected chi connectivity index (χ1v) is 8.36. The Morgan fingerprint density at radius 1 is 1.46 bits per heavy atom. The number of nitrogens with one attached hydrogen (secondary N) is 1. The van der Waals surface area contributed by atoms with Gasteiger partial charge >= 0.3 is 6.18 Å². The summed E-state index contributed by atoms with van der Waals surface area (Å²) in [5.74, 6) is -0.210. The number of anilines is 1. The van der Waals surface area contributed by atoms with Gasteiger partial charge in [0, 0.05) is 6.61 Å². The zero-order valence-electron chi connectivity index (χ0n) is 14.5. The van der Waals surface area contributed by atoms with Gasteiger partial charge in [-0.15, -0.1) is 0 Å². The van der Waals surface area contributed by atoms with Gasteiger partial charge in [-0.25, -0.2) is 0 Å². The summed E-state index contributed by atoms with van der Waals surface area (Å²) in [6, 6.07) is 4.77. The Morgan fingerprint density at radius 3 is 2.85 bits per heavy atom. The van der Waals surface area contributed by atoms with E-state index in [9.17, 15) is 18.0 Å². The number of hydrogen-bond donors (Lipinski definition) is 1. The van der Waals surface area contributed by atoms with E-state index in [4.69, 9.17) is 9.47 Å². The lowest BCUT2D eigenvalue weighted by Gasteiger charge is -2.12. The number of benzene rings is 1. The fourth-order valence-electron chi connectivity index (χ4n) is 2.89. The number of carbonyl (C=O) groups is 1. The van der Waals surface area contributed by atoms with Crippen LogP contribution in [0.4, 0.5) is 19.0 Å². The molecule has 0 saturated carbocycles. The molecule has 1 atom stereocenters. The molecule has 2 aromatic rings. The number of ether oxygens (including phenoxy) is 2. The van der Waals surface area contributed by atoms with Crippen molar-refractivity contribution in [1.82, 2.24) is 9.78 Å². The highest BCUT2D eigenvalue weighted by Crippen LogP contribution is 2.34. The molecule has 2 heterocycles. The lowest BCUT2D eigenvalue weighted by molar-refractivity contribution is -0.141. The van der Waals surface area contributed by atoms with E-state index in [1.165, 1.54) is 6.07 Å². The summed E-state index contributed by atoms with van der Waals surface area (Å²) in [5.41, 5.74) is 0.249. The van der Waals surface area contributed by atoms with Crippen LogP contribution in [-0.4, -0.2) is 41.2 Å². The fourth-order valence-corrected chi connectivity index (χ4v) is 2.89. The minimum atomic E-state index is -4.44. The van der Waals surface area contributed by atoms with Crippen LogP contribution in [0.5, 0.6) is 5.75 Å². The van der Waals surface area contributed by atoms with Gasteiger partial charge in [0.1, 0.15) is 12.3 Å². The maximum absolute atomic E-state index is 12.9. The van der Waals surface area contributed by atoms with E-state index >= 15 is 0 Å². The first-order valence-electron chi connectivity index (χ1n) is 8.36. The van der Waals surface area contributed by atoms with E-state index in [0.717, 1.165) is 4.68 Å². The minimum absolute atomic E-state index is 0.0670. The molecule has 0 bridgehead atoms. The van der Waals surface area contributed by atoms with E-state index in [-0.39, 0.29) is 29.3 Å². The summed E-state index contributed by atoms with van der Waals surface area (Å²) in [4.78, 5) is 12.4. The maximum atomic E-state index is 12.9. The molecule has 1 amide bonds. The van der Waals surface area contributed by atoms with Crippen molar-refractivity contribution in [3.63, 3.8) is 0 Å². The van der Waals surface area contributed by atoms with Crippen LogP contribution < -0.4 is 10.1 Å². The van der Waals surface area contributed by atoms with Crippen LogP contribution in [0.25, 0.3) is 10.9 Å². The molecular weight excluding hydrogens is 351 g/mol. The molecule has 1 fully saturated rings. The summed E-state index contributed by atoms with van der Waals surface area (Å²) in [6.45, 7) is 3.16. The molecule has 1 aliphatic rings. The smallest absolute Gasteiger partial charge is 0.408 e. The Bertz CT molecular complexity index is 796. The normalized spacial score (nSPS) is 17.8. The van der Waals surface area contributed by atoms with Gasteiger partial charge in [0.2, 0.25) is 5.91 Å². The molecule has 6 nitrogen and oxygen atoms in total. The highest BCUT2D eigenvalue weighted by atomic mass is 19.4. The zero-order chi connectivity index (χ0) is 18.9. The van der Waals surface area contributed by atoms with Crippen molar-refractivity contribution in [2.24, 2.45) is 5.92 Å². The van der Waals surface area contributed by atoms with Crippen LogP contribution in [0.15, 0.2) is 18.2 Å². The van der Waals surface area contributed by atoms with E-state index in [2.05, 4.69) is 10.4 Å². The summed E-state index contributed by atoms with van der Waals surface area (Å²) < 4.78 is 50.4. The Hall–Kier alpha value is -2.29. The number of aromatic nitrogens is 2. The topological polar surface area (TPSA) is 65.4 Å². The highest BCUT2D eigenvalue weighted by molar-refractivity contribution is 6.03. The first kappa shape index (κ1) is 18.5. The Kier molecular flexibility index (Phi) is 5.08. The first-order chi connectivity index (χ1) is 12.2. The van der Waals surface area contributed by atoms with Gasteiger partial charge in [0.25, 0.3) is 0 Å². The number of carbonyl (C=O) groups excluding carboxylic acids is 1. The van der Waals surface area contributed by atoms with Gasteiger partial charge in [0.05, 0.1) is 29.5 Å². The molecule has 1 saturated heterocycles. The standard InChI is InChI=1S/C17H20F3N3O3/c1-10(2)26-13-5-3-4-12-14(13)15(22-23(12)9-17(18,19)20)21-16(24)11-6-7-25-8-11/h3-5,10-11H,6-9H2,1-2H3,(H,21,22,24). The van der Waals surface area contributed by atoms with Gasteiger partial charge in [-0.3, -0.25) is 9.48 Å². The van der Waals surface area contributed by atoms with Crippen LogP contribution in [0.2, 0.25) is 0 Å². The van der Waals surface area contributed by atoms with Crippen molar-refractivity contribution in [3.8, 4) is 5.75 Å². The SMILES string of the molecule is CC(C)Oc1cccc2c1c(NC(=O)C1CCOC1)nn2CC(F)(F)F. The summed E-state index contributed by atoms with van der Waals surface area (Å²) in [6.07, 6.45) is -4.05. The summed E-state index contributed by atoms with van der Waals surface area (Å²) >= 11 is 0. The Morgan fingerprint density at radius 2 is 2.23 bits per heavy atom. The third kappa shape index (κ3) is 4.09. The molecule has 1 aliphatic heterocycles. The molecule has 1 aromatic carbocycles. The second-order valence-corrected chi connectivity index (χ2v) is 6.49. The van der Waals surface area contributed by atoms with E-state index in [1.807, 2.05) is 13.8 Å². The molecule has 9 heteroatoms. The molecule has 1 N–H and O–H groups in total. The van der Waals surface area contributed by atoms with Crippen molar-refractivity contribution in [2.45, 2.75) is 39.1 Å². The van der Waals surface area contributed by atoms with Gasteiger partial charge < -0.3 is 14.8 Å². The van der Waals surface area contributed by atoms with Crippen molar-refractivity contribution in [3.05, 3.63) is 18.2 Å². The van der Waals surface area contributed by atoms with Crippen LogP contribution in [0.3, 0.4) is 0 Å². The molecule has 26 heavy (non-hydrogen) atoms. The van der Waals surface area contributed by atoms with Gasteiger partial charge in [-0.1, -0.05) is 6.07 Å². The van der Waals surface area contributed by atoms with Crippen molar-refractivity contribution in [1.29, 1.82) is 0 Å². The van der Waals surface area contributed by atoms with Crippen molar-refractivity contribution in [2.75, 3.05) is 18.5 Å². The summed E-state index contributed by atoms with van der Waals surface area (Å²) in [7, 11) is 0. The molecule has 0 aliphatic carbocycles. The average Bonchev–Trinajstić information content (AvgIpc) is 3.15. The largest absolute Gasteiger partial charge is 0.490 e. The van der Waals surface area contributed by atoms with E-state index in [1.54, 1.807) is 12.1 Å². The number of hydrogen-bond acceptors (Lipinski definition) is 4. The van der Waals surface area contributed by atoms with E-state index in [0.29, 0.717) is 30.8 Å². The molecule has 3 rings (SSSR count). The van der Waals surface area contributed by atoms with Gasteiger partial charge in [0.15, 0.2) is 5.82 Å². The predicted molar refractivity (Wildman–Crippen MR) is 89.1 cm³/mol. The van der Waals surface area contributed by atoms with Crippen LogP contribution in [-0.2, 0) is 16.1 Å². The predicted octanol–water partition coefficient (Wildman–Crippen LogP) is 3.36. The number of rotatable bonds is 5. The zero-order valence-corrected chi connectivity index (χ0v) is 14.5. The monoisotopic (exact) mass is 371 g/mol. The molecular formula is C17H20F3N3O3. The maximum Gasteiger partial charge on any atom is 0.408 e. The number of fused-ring (bicyclic) bond motifs is 1. The lowest BCUT2D eigenvalue weighted by atomic mass is 10.1. The minimum Gasteiger partial charge on any atom is -0.490 e. The number of amides is 1. The molecule has 142 valence electrons. The highest BCUT2D eigenvalue weighted by Gasteiger charge is 2.31. The van der Waals surface area contributed by atoms with E-state index < -0.39 is 12.7 Å². The van der Waals surface area contributed by atoms with Gasteiger partial charge in [-0.05, 0) is 32.4 Å². The second kappa shape index (κ2) is 7.14. The third-order valence-electron chi connectivity index (χ3n) is 3.97. The number of alkyl halides is 3. The lowest BCUT2D eigenvalue weighted by Crippen LogP contribution is -2.23. The van der Waals surface area contributed by atoms with Gasteiger partial charge in [-0.2, -0.15) is 18.3 Å². The van der Waals surface area contributed by atoms with Crippen LogP contribution in [0.1, 0.15) is 20.3 Å². The molecule has 1 aromatic heterocycles. The molecule has 0 spiro atoms. The fraction of sp³-hybridized carbons (Fsp3) is 0.529. The summed E-state index contributed by atoms with van der Waals surface area (Å²) in [5, 5.41) is 7.01. The third-order valence-corrected chi connectivity index (χ3v) is 3.97. The molecule has 0 radical (unpaired) electrons. The Labute approximate surface area is 148 Å². The Balaban J connectivity index is 2.02. The van der Waals surface area contributed by atoms with Crippen LogP contribution >= 0.6 is 0 Å². The number of halogens is 3. The van der Waals surface area contributed by atoms with Crippen molar-refractivity contribution < 1.29 is 27.4 Å².